The summed E-state index contributed by atoms with van der Waals surface area (Å²) in [4.78, 5) is 12.0. The molecule has 21 heavy (non-hydrogen) atoms. The molecule has 1 N–H and O–H groups in total. The van der Waals surface area contributed by atoms with E-state index in [2.05, 4.69) is 4.72 Å². The molecule has 0 aliphatic heterocycles. The number of nitrogens with zero attached hydrogens (tertiary/aromatic N) is 2. The fourth-order valence-electron chi connectivity index (χ4n) is 1.87. The van der Waals surface area contributed by atoms with Gasteiger partial charge in [0.15, 0.2) is 4.34 Å². The Hall–Kier alpha value is -0.740. The van der Waals surface area contributed by atoms with E-state index in [0.717, 1.165) is 6.07 Å². The second kappa shape index (κ2) is 6.57. The topological polar surface area (TPSA) is 92.6 Å². The highest BCUT2D eigenvalue weighted by Crippen LogP contribution is 2.36. The lowest BCUT2D eigenvalue weighted by molar-refractivity contribution is -0.384. The second-order valence-electron chi connectivity index (χ2n) is 5.71. The van der Waals surface area contributed by atoms with Crippen LogP contribution in [0.4, 0.5) is 5.69 Å². The highest BCUT2D eigenvalue weighted by molar-refractivity contribution is 7.91. The number of hydrogen-bond donors (Lipinski definition) is 1. The van der Waals surface area contributed by atoms with Crippen molar-refractivity contribution in [2.45, 2.75) is 18.1 Å². The lowest BCUT2D eigenvalue weighted by Crippen LogP contribution is -2.39. The third-order valence-electron chi connectivity index (χ3n) is 2.59. The van der Waals surface area contributed by atoms with Crippen LogP contribution in [-0.2, 0) is 10.0 Å². The maximum Gasteiger partial charge on any atom is 0.300 e. The van der Waals surface area contributed by atoms with Crippen LogP contribution in [0.2, 0.25) is 4.34 Å². The SMILES string of the molecule is CN(C)CC(C)(C)CNS(=O)(=O)c1cc([N+](=O)[O-])c(Cl)s1. The molecule has 0 amide bonds. The molecular formula is C11H18ClN3O4S2. The van der Waals surface area contributed by atoms with Crippen LogP contribution in [0.15, 0.2) is 10.3 Å². The molecule has 0 saturated heterocycles. The van der Waals surface area contributed by atoms with Crippen molar-refractivity contribution < 1.29 is 13.3 Å². The lowest BCUT2D eigenvalue weighted by Gasteiger charge is -2.28. The Balaban J connectivity index is 2.88. The molecule has 7 nitrogen and oxygen atoms in total. The van der Waals surface area contributed by atoms with Gasteiger partial charge in [0.05, 0.1) is 4.92 Å². The summed E-state index contributed by atoms with van der Waals surface area (Å²) >= 11 is 6.36. The standard InChI is InChI=1S/C11H18ClN3O4S2/c1-11(2,7-14(3)4)6-13-21(18,19)9-5-8(15(16)17)10(12)20-9/h5,13H,6-7H2,1-4H3. The molecule has 10 heteroatoms. The van der Waals surface area contributed by atoms with Gasteiger partial charge in [0.2, 0.25) is 10.0 Å². The van der Waals surface area contributed by atoms with Crippen LogP contribution in [0.1, 0.15) is 13.8 Å². The van der Waals surface area contributed by atoms with Crippen LogP contribution < -0.4 is 4.72 Å². The molecule has 0 aliphatic carbocycles. The van der Waals surface area contributed by atoms with E-state index < -0.39 is 20.6 Å². The minimum absolute atomic E-state index is 0.145. The Labute approximate surface area is 133 Å². The van der Waals surface area contributed by atoms with Gasteiger partial charge in [-0.1, -0.05) is 25.4 Å². The normalized spacial score (nSPS) is 12.9. The number of nitrogens with one attached hydrogen (secondary N) is 1. The fourth-order valence-corrected chi connectivity index (χ4v) is 4.82. The number of thiophene rings is 1. The molecule has 0 unspecified atom stereocenters. The number of halogens is 1. The average Bonchev–Trinajstić information content (AvgIpc) is 2.68. The highest BCUT2D eigenvalue weighted by atomic mass is 35.5. The third kappa shape index (κ3) is 5.19. The van der Waals surface area contributed by atoms with Crippen LogP contribution in [0, 0.1) is 15.5 Å². The lowest BCUT2D eigenvalue weighted by atomic mass is 9.93. The van der Waals surface area contributed by atoms with Gasteiger partial charge >= 0.3 is 0 Å². The Kier molecular flexibility index (Phi) is 5.73. The van der Waals surface area contributed by atoms with E-state index in [1.54, 1.807) is 0 Å². The van der Waals surface area contributed by atoms with Crippen LogP contribution in [0.3, 0.4) is 0 Å². The molecule has 0 radical (unpaired) electrons. The zero-order valence-electron chi connectivity index (χ0n) is 12.2. The molecule has 1 rings (SSSR count). The molecule has 0 saturated carbocycles. The fraction of sp³-hybridized carbons (Fsp3) is 0.636. The Morgan fingerprint density at radius 2 is 2.05 bits per heavy atom. The molecule has 120 valence electrons. The number of hydrogen-bond acceptors (Lipinski definition) is 6. The van der Waals surface area contributed by atoms with E-state index in [9.17, 15) is 18.5 Å². The van der Waals surface area contributed by atoms with E-state index >= 15 is 0 Å². The highest BCUT2D eigenvalue weighted by Gasteiger charge is 2.27. The van der Waals surface area contributed by atoms with E-state index in [0.29, 0.717) is 17.9 Å². The van der Waals surface area contributed by atoms with Crippen LogP contribution in [0.5, 0.6) is 0 Å². The predicted octanol–water partition coefficient (Wildman–Crippen LogP) is 2.18. The zero-order valence-corrected chi connectivity index (χ0v) is 14.6. The molecule has 1 heterocycles. The molecular weight excluding hydrogens is 338 g/mol. The van der Waals surface area contributed by atoms with Gasteiger partial charge in [-0.25, -0.2) is 13.1 Å². The molecule has 0 bridgehead atoms. The van der Waals surface area contributed by atoms with E-state index in [4.69, 9.17) is 11.6 Å². The van der Waals surface area contributed by atoms with Gasteiger partial charge in [-0.2, -0.15) is 0 Å². The van der Waals surface area contributed by atoms with Gasteiger partial charge < -0.3 is 4.90 Å². The zero-order chi connectivity index (χ0) is 16.4. The molecule has 0 spiro atoms. The Morgan fingerprint density at radius 1 is 1.48 bits per heavy atom. The first-order chi connectivity index (χ1) is 9.44. The smallest absolute Gasteiger partial charge is 0.300 e. The molecule has 0 aromatic carbocycles. The summed E-state index contributed by atoms with van der Waals surface area (Å²) in [5.74, 6) is 0. The first-order valence-corrected chi connectivity index (χ1v) is 8.70. The molecule has 0 aliphatic rings. The summed E-state index contributed by atoms with van der Waals surface area (Å²) in [6.07, 6.45) is 0. The summed E-state index contributed by atoms with van der Waals surface area (Å²) in [5, 5.41) is 10.7. The monoisotopic (exact) mass is 355 g/mol. The summed E-state index contributed by atoms with van der Waals surface area (Å²) in [7, 11) is -0.000455. The van der Waals surface area contributed by atoms with Crippen molar-refractivity contribution in [2.24, 2.45) is 5.41 Å². The summed E-state index contributed by atoms with van der Waals surface area (Å²) in [6.45, 7) is 4.77. The van der Waals surface area contributed by atoms with Gasteiger partial charge in [0.25, 0.3) is 5.69 Å². The number of nitro groups is 1. The Morgan fingerprint density at radius 3 is 2.48 bits per heavy atom. The van der Waals surface area contributed by atoms with Crippen molar-refractivity contribution in [1.82, 2.24) is 9.62 Å². The van der Waals surface area contributed by atoms with Crippen molar-refractivity contribution in [3.8, 4) is 0 Å². The van der Waals surface area contributed by atoms with Crippen molar-refractivity contribution in [3.63, 3.8) is 0 Å². The predicted molar refractivity (Wildman–Crippen MR) is 83.5 cm³/mol. The van der Waals surface area contributed by atoms with Crippen LogP contribution >= 0.6 is 22.9 Å². The van der Waals surface area contributed by atoms with Gasteiger partial charge in [-0.15, -0.1) is 11.3 Å². The molecule has 0 fully saturated rings. The number of rotatable bonds is 7. The quantitative estimate of drug-likeness (QED) is 0.597. The first-order valence-electron chi connectivity index (χ1n) is 6.03. The summed E-state index contributed by atoms with van der Waals surface area (Å²) < 4.78 is 26.5. The van der Waals surface area contributed by atoms with Crippen molar-refractivity contribution in [1.29, 1.82) is 0 Å². The Bertz CT molecular complexity index is 625. The van der Waals surface area contributed by atoms with Gasteiger partial charge in [0.1, 0.15) is 4.21 Å². The minimum Gasteiger partial charge on any atom is -0.309 e. The van der Waals surface area contributed by atoms with Gasteiger partial charge in [-0.3, -0.25) is 10.1 Å². The molecule has 1 aromatic rings. The largest absolute Gasteiger partial charge is 0.309 e. The minimum atomic E-state index is -3.80. The van der Waals surface area contributed by atoms with Crippen LogP contribution in [-0.4, -0.2) is 45.4 Å². The van der Waals surface area contributed by atoms with Gasteiger partial charge in [-0.05, 0) is 19.5 Å². The number of sulfonamides is 1. The van der Waals surface area contributed by atoms with Crippen molar-refractivity contribution in [2.75, 3.05) is 27.2 Å². The van der Waals surface area contributed by atoms with Crippen molar-refractivity contribution >= 4 is 38.6 Å². The molecule has 0 atom stereocenters. The summed E-state index contributed by atoms with van der Waals surface area (Å²) in [5.41, 5.74) is -0.668. The second-order valence-corrected chi connectivity index (χ2v) is 9.36. The average molecular weight is 356 g/mol. The van der Waals surface area contributed by atoms with E-state index in [-0.39, 0.29) is 20.5 Å². The van der Waals surface area contributed by atoms with Crippen LogP contribution in [0.25, 0.3) is 0 Å². The van der Waals surface area contributed by atoms with Gasteiger partial charge in [0, 0.05) is 19.2 Å². The summed E-state index contributed by atoms with van der Waals surface area (Å²) in [6, 6.07) is 0.980. The molecule has 1 aromatic heterocycles. The van der Waals surface area contributed by atoms with E-state index in [1.165, 1.54) is 0 Å². The maximum atomic E-state index is 12.2. The van der Waals surface area contributed by atoms with E-state index in [1.807, 2.05) is 32.8 Å². The third-order valence-corrected chi connectivity index (χ3v) is 5.81. The van der Waals surface area contributed by atoms with Crippen molar-refractivity contribution in [3.05, 3.63) is 20.5 Å². The first kappa shape index (κ1) is 18.3. The maximum absolute atomic E-state index is 12.2.